The van der Waals surface area contributed by atoms with Crippen LogP contribution in [0.1, 0.15) is 16.1 Å². The summed E-state index contributed by atoms with van der Waals surface area (Å²) < 4.78 is 5.10. The molecule has 17 heavy (non-hydrogen) atoms. The Balaban J connectivity index is 2.92. The first-order chi connectivity index (χ1) is 8.04. The number of ether oxygens (including phenoxy) is 1. The molecule has 2 rings (SSSR count). The highest BCUT2D eigenvalue weighted by Gasteiger charge is 2.19. The normalized spacial score (nSPS) is 10.5. The van der Waals surface area contributed by atoms with Gasteiger partial charge in [0.1, 0.15) is 5.56 Å². The SMILES string of the molecule is COc1c(C)nc2cc(Cl)ccc2c1C(=O)O. The number of hydrogen-bond donors (Lipinski definition) is 1. The molecule has 4 nitrogen and oxygen atoms in total. The van der Waals surface area contributed by atoms with Crippen molar-refractivity contribution in [1.82, 2.24) is 4.98 Å². The Kier molecular flexibility index (Phi) is 2.90. The third-order valence-electron chi connectivity index (χ3n) is 2.49. The summed E-state index contributed by atoms with van der Waals surface area (Å²) in [6.07, 6.45) is 0. The predicted octanol–water partition coefficient (Wildman–Crippen LogP) is 2.90. The molecule has 0 aliphatic rings. The number of carboxylic acids is 1. The topological polar surface area (TPSA) is 59.4 Å². The second-order valence-corrected chi connectivity index (χ2v) is 4.01. The minimum Gasteiger partial charge on any atom is -0.494 e. The fourth-order valence-electron chi connectivity index (χ4n) is 1.81. The van der Waals surface area contributed by atoms with E-state index in [0.717, 1.165) is 0 Å². The number of benzene rings is 1. The summed E-state index contributed by atoms with van der Waals surface area (Å²) >= 11 is 5.86. The first-order valence-corrected chi connectivity index (χ1v) is 5.29. The zero-order valence-electron chi connectivity index (χ0n) is 9.32. The fraction of sp³-hybridized carbons (Fsp3) is 0.167. The summed E-state index contributed by atoms with van der Waals surface area (Å²) in [5.41, 5.74) is 1.19. The summed E-state index contributed by atoms with van der Waals surface area (Å²) in [5, 5.41) is 10.3. The number of nitrogens with zero attached hydrogens (tertiary/aromatic N) is 1. The van der Waals surface area contributed by atoms with Crippen molar-refractivity contribution >= 4 is 28.5 Å². The van der Waals surface area contributed by atoms with Crippen molar-refractivity contribution in [2.24, 2.45) is 0 Å². The highest BCUT2D eigenvalue weighted by molar-refractivity contribution is 6.31. The molecular weight excluding hydrogens is 242 g/mol. The Morgan fingerprint density at radius 1 is 1.47 bits per heavy atom. The van der Waals surface area contributed by atoms with Crippen molar-refractivity contribution in [3.05, 3.63) is 34.5 Å². The van der Waals surface area contributed by atoms with E-state index in [1.807, 2.05) is 0 Å². The lowest BCUT2D eigenvalue weighted by atomic mass is 10.1. The van der Waals surface area contributed by atoms with Gasteiger partial charge in [0.25, 0.3) is 0 Å². The first-order valence-electron chi connectivity index (χ1n) is 4.91. The van der Waals surface area contributed by atoms with Gasteiger partial charge in [-0.3, -0.25) is 0 Å². The number of fused-ring (bicyclic) bond motifs is 1. The van der Waals surface area contributed by atoms with Crippen molar-refractivity contribution in [3.8, 4) is 5.75 Å². The lowest BCUT2D eigenvalue weighted by molar-refractivity contribution is 0.0695. The number of aromatic carboxylic acids is 1. The van der Waals surface area contributed by atoms with Crippen LogP contribution in [-0.2, 0) is 0 Å². The number of carboxylic acid groups (broad SMARTS) is 1. The molecule has 0 spiro atoms. The molecule has 0 saturated heterocycles. The van der Waals surface area contributed by atoms with Gasteiger partial charge in [-0.05, 0) is 19.1 Å². The molecule has 1 aromatic carbocycles. The molecule has 0 bridgehead atoms. The minimum absolute atomic E-state index is 0.117. The van der Waals surface area contributed by atoms with Crippen LogP contribution in [-0.4, -0.2) is 23.2 Å². The lowest BCUT2D eigenvalue weighted by Gasteiger charge is -2.11. The van der Waals surface area contributed by atoms with Crippen molar-refractivity contribution in [2.45, 2.75) is 6.92 Å². The summed E-state index contributed by atoms with van der Waals surface area (Å²) in [7, 11) is 1.43. The van der Waals surface area contributed by atoms with Gasteiger partial charge in [0, 0.05) is 10.4 Å². The molecule has 0 fully saturated rings. The first kappa shape index (κ1) is 11.7. The van der Waals surface area contributed by atoms with Crippen molar-refractivity contribution in [1.29, 1.82) is 0 Å². The van der Waals surface area contributed by atoms with E-state index < -0.39 is 5.97 Å². The van der Waals surface area contributed by atoms with E-state index in [4.69, 9.17) is 16.3 Å². The molecule has 0 amide bonds. The van der Waals surface area contributed by atoms with Crippen LogP contribution in [0.3, 0.4) is 0 Å². The van der Waals surface area contributed by atoms with Crippen LogP contribution in [0.2, 0.25) is 5.02 Å². The summed E-state index contributed by atoms with van der Waals surface area (Å²) in [4.78, 5) is 15.6. The van der Waals surface area contributed by atoms with Gasteiger partial charge in [0.2, 0.25) is 0 Å². The minimum atomic E-state index is -1.04. The monoisotopic (exact) mass is 251 g/mol. The van der Waals surface area contributed by atoms with Crippen LogP contribution in [0, 0.1) is 6.92 Å². The number of aryl methyl sites for hydroxylation is 1. The molecule has 0 unspecified atom stereocenters. The smallest absolute Gasteiger partial charge is 0.340 e. The maximum Gasteiger partial charge on any atom is 0.340 e. The standard InChI is InChI=1S/C12H10ClNO3/c1-6-11(17-2)10(12(15)16)8-4-3-7(13)5-9(8)14-6/h3-5H,1-2H3,(H,15,16). The molecule has 0 radical (unpaired) electrons. The number of halogens is 1. The average Bonchev–Trinajstić information content (AvgIpc) is 2.26. The van der Waals surface area contributed by atoms with E-state index in [9.17, 15) is 9.90 Å². The quantitative estimate of drug-likeness (QED) is 0.892. The Morgan fingerprint density at radius 3 is 2.76 bits per heavy atom. The van der Waals surface area contributed by atoms with Gasteiger partial charge >= 0.3 is 5.97 Å². The van der Waals surface area contributed by atoms with E-state index >= 15 is 0 Å². The molecule has 1 aromatic heterocycles. The van der Waals surface area contributed by atoms with Gasteiger partial charge in [-0.1, -0.05) is 17.7 Å². The Morgan fingerprint density at radius 2 is 2.18 bits per heavy atom. The summed E-state index contributed by atoms with van der Waals surface area (Å²) in [6.45, 7) is 1.70. The van der Waals surface area contributed by atoms with Crippen LogP contribution >= 0.6 is 11.6 Å². The number of hydrogen-bond acceptors (Lipinski definition) is 3. The van der Waals surface area contributed by atoms with E-state index in [0.29, 0.717) is 21.6 Å². The van der Waals surface area contributed by atoms with Crippen LogP contribution in [0.15, 0.2) is 18.2 Å². The second kappa shape index (κ2) is 4.22. The highest BCUT2D eigenvalue weighted by Crippen LogP contribution is 2.30. The number of pyridine rings is 1. The maximum atomic E-state index is 11.3. The molecule has 0 aliphatic heterocycles. The van der Waals surface area contributed by atoms with Gasteiger partial charge in [-0.2, -0.15) is 0 Å². The third kappa shape index (κ3) is 1.91. The number of aromatic nitrogens is 1. The second-order valence-electron chi connectivity index (χ2n) is 3.57. The highest BCUT2D eigenvalue weighted by atomic mass is 35.5. The largest absolute Gasteiger partial charge is 0.494 e. The van der Waals surface area contributed by atoms with Crippen LogP contribution in [0.5, 0.6) is 5.75 Å². The lowest BCUT2D eigenvalue weighted by Crippen LogP contribution is -2.05. The molecule has 0 saturated carbocycles. The Labute approximate surface area is 103 Å². The molecule has 88 valence electrons. The molecule has 1 N–H and O–H groups in total. The Hall–Kier alpha value is -1.81. The van der Waals surface area contributed by atoms with Crippen LogP contribution in [0.4, 0.5) is 0 Å². The molecule has 0 atom stereocenters. The van der Waals surface area contributed by atoms with Gasteiger partial charge in [0.15, 0.2) is 5.75 Å². The van der Waals surface area contributed by atoms with Crippen molar-refractivity contribution in [3.63, 3.8) is 0 Å². The molecule has 0 aliphatic carbocycles. The predicted molar refractivity (Wildman–Crippen MR) is 65.0 cm³/mol. The molecule has 5 heteroatoms. The zero-order valence-corrected chi connectivity index (χ0v) is 10.1. The average molecular weight is 252 g/mol. The number of carbonyl (C=O) groups is 1. The maximum absolute atomic E-state index is 11.3. The van der Waals surface area contributed by atoms with Gasteiger partial charge in [0.05, 0.1) is 18.3 Å². The van der Waals surface area contributed by atoms with E-state index in [-0.39, 0.29) is 11.3 Å². The zero-order chi connectivity index (χ0) is 12.6. The molecule has 1 heterocycles. The van der Waals surface area contributed by atoms with Gasteiger partial charge in [-0.15, -0.1) is 0 Å². The van der Waals surface area contributed by atoms with E-state index in [1.54, 1.807) is 25.1 Å². The third-order valence-corrected chi connectivity index (χ3v) is 2.73. The Bertz CT molecular complexity index is 610. The van der Waals surface area contributed by atoms with Crippen LogP contribution in [0.25, 0.3) is 10.9 Å². The number of rotatable bonds is 2. The van der Waals surface area contributed by atoms with Crippen molar-refractivity contribution in [2.75, 3.05) is 7.11 Å². The molecule has 2 aromatic rings. The molecular formula is C12H10ClNO3. The van der Waals surface area contributed by atoms with Crippen LogP contribution < -0.4 is 4.74 Å². The fourth-order valence-corrected chi connectivity index (χ4v) is 1.97. The summed E-state index contributed by atoms with van der Waals surface area (Å²) in [5.74, 6) is -0.757. The van der Waals surface area contributed by atoms with Gasteiger partial charge < -0.3 is 9.84 Å². The van der Waals surface area contributed by atoms with Crippen molar-refractivity contribution < 1.29 is 14.6 Å². The van der Waals surface area contributed by atoms with Gasteiger partial charge in [-0.25, -0.2) is 9.78 Å². The summed E-state index contributed by atoms with van der Waals surface area (Å²) in [6, 6.07) is 4.90. The van der Waals surface area contributed by atoms with E-state index in [1.165, 1.54) is 7.11 Å². The number of methoxy groups -OCH3 is 1. The van der Waals surface area contributed by atoms with E-state index in [2.05, 4.69) is 4.98 Å².